The van der Waals surface area contributed by atoms with Gasteiger partial charge in [-0.05, 0) is 31.0 Å². The second-order valence-electron chi connectivity index (χ2n) is 4.48. The van der Waals surface area contributed by atoms with Crippen molar-refractivity contribution in [3.8, 4) is 0 Å². The van der Waals surface area contributed by atoms with E-state index < -0.39 is 0 Å². The molecule has 0 spiro atoms. The monoisotopic (exact) mass is 264 g/mol. The summed E-state index contributed by atoms with van der Waals surface area (Å²) in [6.07, 6.45) is 1.03. The maximum atomic E-state index is 5.55. The zero-order chi connectivity index (χ0) is 14.3. The number of hydrogen-bond acceptors (Lipinski definition) is 3. The van der Waals surface area contributed by atoms with Crippen LogP contribution in [0.1, 0.15) is 19.4 Å². The van der Waals surface area contributed by atoms with E-state index in [2.05, 4.69) is 41.6 Å². The van der Waals surface area contributed by atoms with Crippen molar-refractivity contribution in [2.45, 2.75) is 26.3 Å². The molecule has 0 fully saturated rings. The number of guanidine groups is 1. The van der Waals surface area contributed by atoms with Gasteiger partial charge in [-0.15, -0.1) is 0 Å². The summed E-state index contributed by atoms with van der Waals surface area (Å²) in [5, 5.41) is 0. The minimum atomic E-state index is 0.0495. The lowest BCUT2D eigenvalue weighted by Gasteiger charge is -2.22. The Morgan fingerprint density at radius 3 is 2.53 bits per heavy atom. The van der Waals surface area contributed by atoms with Crippen LogP contribution in [0.4, 0.5) is 5.69 Å². The van der Waals surface area contributed by atoms with Crippen LogP contribution < -0.4 is 16.2 Å². The van der Waals surface area contributed by atoms with Crippen LogP contribution in [0.15, 0.2) is 29.3 Å². The van der Waals surface area contributed by atoms with Crippen molar-refractivity contribution >= 4 is 11.6 Å². The van der Waals surface area contributed by atoms with Crippen LogP contribution in [0.25, 0.3) is 0 Å². The van der Waals surface area contributed by atoms with E-state index in [1.807, 2.05) is 18.9 Å². The fourth-order valence-corrected chi connectivity index (χ4v) is 1.79. The minimum absolute atomic E-state index is 0.0495. The molecule has 5 heteroatoms. The van der Waals surface area contributed by atoms with Crippen LogP contribution in [0.3, 0.4) is 0 Å². The molecule has 5 nitrogen and oxygen atoms in total. The molecule has 0 radical (unpaired) electrons. The highest BCUT2D eigenvalue weighted by atomic mass is 16.5. The number of nitrogens with one attached hydrogen (secondary N) is 1. The maximum Gasteiger partial charge on any atom is 0.213 e. The van der Waals surface area contributed by atoms with Crippen molar-refractivity contribution in [2.24, 2.45) is 10.8 Å². The van der Waals surface area contributed by atoms with Crippen LogP contribution in [-0.2, 0) is 11.2 Å². The molecule has 3 N–H and O–H groups in total. The first kappa shape index (κ1) is 15.5. The van der Waals surface area contributed by atoms with Gasteiger partial charge in [0.05, 0.1) is 12.6 Å². The van der Waals surface area contributed by atoms with Crippen molar-refractivity contribution in [2.75, 3.05) is 25.7 Å². The van der Waals surface area contributed by atoms with E-state index in [9.17, 15) is 0 Å². The first-order valence-electron chi connectivity index (χ1n) is 6.48. The molecule has 0 aliphatic rings. The molecule has 0 aliphatic carbocycles. The molecule has 106 valence electrons. The topological polar surface area (TPSA) is 62.9 Å². The third-order valence-corrected chi connectivity index (χ3v) is 2.93. The highest BCUT2D eigenvalue weighted by Gasteiger charge is 2.09. The number of nitrogens with zero attached hydrogens (tertiary/aromatic N) is 2. The number of anilines is 1. The zero-order valence-corrected chi connectivity index (χ0v) is 12.2. The molecule has 0 heterocycles. The Hall–Kier alpha value is -1.59. The van der Waals surface area contributed by atoms with E-state index in [4.69, 9.17) is 10.6 Å². The number of aliphatic imine (C=N–C) groups is 1. The van der Waals surface area contributed by atoms with Gasteiger partial charge in [0.1, 0.15) is 0 Å². The van der Waals surface area contributed by atoms with Crippen LogP contribution in [0, 0.1) is 0 Å². The molecule has 0 saturated heterocycles. The molecule has 0 saturated carbocycles. The van der Waals surface area contributed by atoms with E-state index in [1.54, 1.807) is 7.11 Å². The van der Waals surface area contributed by atoms with Crippen LogP contribution in [0.2, 0.25) is 0 Å². The quantitative estimate of drug-likeness (QED) is 0.366. The van der Waals surface area contributed by atoms with Crippen molar-refractivity contribution in [3.05, 3.63) is 29.8 Å². The third-order valence-electron chi connectivity index (χ3n) is 2.93. The van der Waals surface area contributed by atoms with Crippen molar-refractivity contribution in [1.82, 2.24) is 5.43 Å². The average Bonchev–Trinajstić information content (AvgIpc) is 2.44. The summed E-state index contributed by atoms with van der Waals surface area (Å²) in [6, 6.07) is 8.39. The molecule has 1 unspecified atom stereocenters. The number of ether oxygens (including phenoxy) is 1. The molecule has 0 amide bonds. The Balaban J connectivity index is 2.84. The Kier molecular flexibility index (Phi) is 6.32. The predicted octanol–water partition coefficient (Wildman–Crippen LogP) is 1.54. The summed E-state index contributed by atoms with van der Waals surface area (Å²) in [5.41, 5.74) is 4.99. The minimum Gasteiger partial charge on any atom is -0.382 e. The van der Waals surface area contributed by atoms with Gasteiger partial charge in [-0.25, -0.2) is 10.8 Å². The lowest BCUT2D eigenvalue weighted by Crippen LogP contribution is -2.43. The zero-order valence-electron chi connectivity index (χ0n) is 12.2. The van der Waals surface area contributed by atoms with E-state index >= 15 is 0 Å². The van der Waals surface area contributed by atoms with Gasteiger partial charge in [0.2, 0.25) is 5.96 Å². The van der Waals surface area contributed by atoms with Gasteiger partial charge in [0.15, 0.2) is 0 Å². The lowest BCUT2D eigenvalue weighted by molar-refractivity contribution is 0.185. The van der Waals surface area contributed by atoms with E-state index in [0.29, 0.717) is 12.6 Å². The predicted molar refractivity (Wildman–Crippen MR) is 80.3 cm³/mol. The number of benzene rings is 1. The molecule has 0 aromatic heterocycles. The second-order valence-corrected chi connectivity index (χ2v) is 4.48. The summed E-state index contributed by atoms with van der Waals surface area (Å²) < 4.78 is 5.07. The van der Waals surface area contributed by atoms with Gasteiger partial charge >= 0.3 is 0 Å². The number of methoxy groups -OCH3 is 1. The van der Waals surface area contributed by atoms with Crippen LogP contribution in [0.5, 0.6) is 0 Å². The van der Waals surface area contributed by atoms with Gasteiger partial charge < -0.3 is 9.64 Å². The van der Waals surface area contributed by atoms with E-state index in [0.717, 1.165) is 12.1 Å². The van der Waals surface area contributed by atoms with E-state index in [1.165, 1.54) is 5.56 Å². The number of rotatable bonds is 5. The molecule has 1 aromatic rings. The Morgan fingerprint density at radius 2 is 2.05 bits per heavy atom. The Bertz CT molecular complexity index is 402. The summed E-state index contributed by atoms with van der Waals surface area (Å²) in [6.45, 7) is 4.68. The summed E-state index contributed by atoms with van der Waals surface area (Å²) in [5.74, 6) is 6.17. The molecular weight excluding hydrogens is 240 g/mol. The Morgan fingerprint density at radius 1 is 1.42 bits per heavy atom. The first-order valence-corrected chi connectivity index (χ1v) is 6.48. The van der Waals surface area contributed by atoms with Crippen LogP contribution in [-0.4, -0.2) is 32.8 Å². The second kappa shape index (κ2) is 7.76. The molecular formula is C14H24N4O. The number of nitrogens with two attached hydrogens (primary N) is 1. The fourth-order valence-electron chi connectivity index (χ4n) is 1.79. The Labute approximate surface area is 115 Å². The van der Waals surface area contributed by atoms with Crippen molar-refractivity contribution in [1.29, 1.82) is 0 Å². The lowest BCUT2D eigenvalue weighted by atomic mass is 10.1. The maximum absolute atomic E-state index is 5.55. The largest absolute Gasteiger partial charge is 0.382 e. The summed E-state index contributed by atoms with van der Waals surface area (Å²) >= 11 is 0. The van der Waals surface area contributed by atoms with Gasteiger partial charge in [-0.1, -0.05) is 19.1 Å². The highest BCUT2D eigenvalue weighted by Crippen LogP contribution is 2.14. The summed E-state index contributed by atoms with van der Waals surface area (Å²) in [4.78, 5) is 6.41. The van der Waals surface area contributed by atoms with Crippen molar-refractivity contribution in [3.63, 3.8) is 0 Å². The molecule has 0 aliphatic heterocycles. The van der Waals surface area contributed by atoms with Gasteiger partial charge in [0, 0.05) is 19.8 Å². The fraction of sp³-hybridized carbons (Fsp3) is 0.500. The van der Waals surface area contributed by atoms with Gasteiger partial charge in [-0.2, -0.15) is 0 Å². The van der Waals surface area contributed by atoms with Gasteiger partial charge in [-0.3, -0.25) is 5.43 Å². The molecule has 19 heavy (non-hydrogen) atoms. The normalized spacial score (nSPS) is 13.2. The third kappa shape index (κ3) is 4.54. The molecule has 1 rings (SSSR count). The summed E-state index contributed by atoms with van der Waals surface area (Å²) in [7, 11) is 3.59. The number of hydrazine groups is 1. The molecule has 1 aromatic carbocycles. The van der Waals surface area contributed by atoms with Crippen LogP contribution >= 0.6 is 0 Å². The number of aryl methyl sites for hydroxylation is 1. The molecule has 0 bridgehead atoms. The average molecular weight is 264 g/mol. The highest BCUT2D eigenvalue weighted by molar-refractivity contribution is 5.95. The first-order chi connectivity index (χ1) is 9.12. The van der Waals surface area contributed by atoms with Crippen molar-refractivity contribution < 1.29 is 4.74 Å². The smallest absolute Gasteiger partial charge is 0.213 e. The van der Waals surface area contributed by atoms with Gasteiger partial charge in [0.25, 0.3) is 0 Å². The molecule has 1 atom stereocenters. The number of hydrogen-bond donors (Lipinski definition) is 2. The SMILES string of the molecule is CCc1ccc(N(C)C(=NC(C)COC)NN)cc1. The van der Waals surface area contributed by atoms with E-state index in [-0.39, 0.29) is 6.04 Å². The standard InChI is InChI=1S/C14H24N4O/c1-5-12-6-8-13(9-7-12)18(3)14(17-15)16-11(2)10-19-4/h6-9,11H,5,10,15H2,1-4H3,(H,16,17).